The highest BCUT2D eigenvalue weighted by molar-refractivity contribution is 5.93. The minimum absolute atomic E-state index is 0.0664. The second-order valence-corrected chi connectivity index (χ2v) is 11.2. The van der Waals surface area contributed by atoms with Crippen molar-refractivity contribution in [3.05, 3.63) is 35.4 Å². The smallest absolute Gasteiger partial charge is 0.408 e. The van der Waals surface area contributed by atoms with E-state index in [1.54, 1.807) is 25.7 Å². The molecule has 7 heteroatoms. The van der Waals surface area contributed by atoms with Crippen molar-refractivity contribution >= 4 is 17.9 Å². The Morgan fingerprint density at radius 3 is 2.06 bits per heavy atom. The number of alkyl carbamates (subject to hydrolysis) is 1. The molecule has 2 N–H and O–H groups in total. The van der Waals surface area contributed by atoms with E-state index in [4.69, 9.17) is 4.74 Å². The monoisotopic (exact) mass is 487 g/mol. The first-order valence-corrected chi connectivity index (χ1v) is 13.0. The van der Waals surface area contributed by atoms with Crippen molar-refractivity contribution in [2.24, 2.45) is 11.8 Å². The molecule has 3 amide bonds. The van der Waals surface area contributed by atoms with Crippen molar-refractivity contribution in [3.63, 3.8) is 0 Å². The van der Waals surface area contributed by atoms with E-state index in [0.717, 1.165) is 18.4 Å². The molecule has 1 fully saturated rings. The first-order valence-electron chi connectivity index (χ1n) is 13.0. The van der Waals surface area contributed by atoms with Gasteiger partial charge in [0.1, 0.15) is 17.7 Å². The number of ether oxygens (including phenoxy) is 1. The molecule has 1 aliphatic carbocycles. The van der Waals surface area contributed by atoms with Gasteiger partial charge in [-0.25, -0.2) is 4.79 Å². The Balaban J connectivity index is 2.50. The molecule has 0 aromatic heterocycles. The summed E-state index contributed by atoms with van der Waals surface area (Å²) in [6.45, 7) is 17.3. The van der Waals surface area contributed by atoms with Gasteiger partial charge in [-0.15, -0.1) is 0 Å². The minimum atomic E-state index is -0.799. The summed E-state index contributed by atoms with van der Waals surface area (Å²) in [6.07, 6.45) is 1.77. The third kappa shape index (κ3) is 7.97. The second kappa shape index (κ2) is 11.9. The van der Waals surface area contributed by atoms with Gasteiger partial charge in [0.05, 0.1) is 0 Å². The number of nitrogens with zero attached hydrogens (tertiary/aromatic N) is 1. The molecule has 35 heavy (non-hydrogen) atoms. The normalized spacial score (nSPS) is 19.9. The van der Waals surface area contributed by atoms with E-state index in [1.165, 1.54) is 5.56 Å². The largest absolute Gasteiger partial charge is 0.444 e. The number of aryl methyl sites for hydroxylation is 1. The number of carbonyl (C=O) groups excluding carboxylic acids is 3. The van der Waals surface area contributed by atoms with Gasteiger partial charge in [0.2, 0.25) is 11.8 Å². The van der Waals surface area contributed by atoms with E-state index in [-0.39, 0.29) is 35.7 Å². The molecular weight excluding hydrogens is 442 g/mol. The van der Waals surface area contributed by atoms with Gasteiger partial charge in [0.25, 0.3) is 0 Å². The van der Waals surface area contributed by atoms with Crippen molar-refractivity contribution in [1.29, 1.82) is 0 Å². The van der Waals surface area contributed by atoms with Crippen molar-refractivity contribution in [2.45, 2.75) is 111 Å². The van der Waals surface area contributed by atoms with Crippen molar-refractivity contribution in [2.75, 3.05) is 0 Å². The summed E-state index contributed by atoms with van der Waals surface area (Å²) in [5.41, 5.74) is 1.25. The van der Waals surface area contributed by atoms with Gasteiger partial charge in [0.15, 0.2) is 0 Å². The summed E-state index contributed by atoms with van der Waals surface area (Å²) in [7, 11) is 0. The van der Waals surface area contributed by atoms with E-state index in [1.807, 2.05) is 52.0 Å². The number of hydrogen-bond donors (Lipinski definition) is 2. The Bertz CT molecular complexity index is 875. The molecule has 1 aromatic carbocycles. The highest BCUT2D eigenvalue weighted by atomic mass is 16.6. The van der Waals surface area contributed by atoms with Gasteiger partial charge in [-0.2, -0.15) is 0 Å². The average molecular weight is 488 g/mol. The number of hydrogen-bond acceptors (Lipinski definition) is 4. The number of benzene rings is 1. The number of amides is 3. The molecule has 2 rings (SSSR count). The Kier molecular flexibility index (Phi) is 9.76. The van der Waals surface area contributed by atoms with Crippen LogP contribution in [0.2, 0.25) is 0 Å². The second-order valence-electron chi connectivity index (χ2n) is 11.2. The Morgan fingerprint density at radius 1 is 1.06 bits per heavy atom. The van der Waals surface area contributed by atoms with E-state index in [2.05, 4.69) is 24.5 Å². The summed E-state index contributed by atoms with van der Waals surface area (Å²) in [4.78, 5) is 42.1. The molecule has 5 atom stereocenters. The fourth-order valence-electron chi connectivity index (χ4n) is 4.19. The van der Waals surface area contributed by atoms with Gasteiger partial charge < -0.3 is 20.3 Å². The molecule has 0 bridgehead atoms. The fraction of sp³-hybridized carbons (Fsp3) is 0.679. The Hall–Kier alpha value is -2.57. The third-order valence-corrected chi connectivity index (χ3v) is 6.49. The lowest BCUT2D eigenvalue weighted by molar-refractivity contribution is -0.144. The van der Waals surface area contributed by atoms with Crippen LogP contribution in [0.5, 0.6) is 0 Å². The van der Waals surface area contributed by atoms with Crippen LogP contribution in [0.25, 0.3) is 0 Å². The van der Waals surface area contributed by atoms with Gasteiger partial charge in [-0.1, -0.05) is 58.4 Å². The number of carbonyl (C=O) groups is 3. The summed E-state index contributed by atoms with van der Waals surface area (Å²) < 4.78 is 5.46. The maximum absolute atomic E-state index is 14.2. The lowest BCUT2D eigenvalue weighted by Gasteiger charge is -2.37. The van der Waals surface area contributed by atoms with Gasteiger partial charge in [-0.3, -0.25) is 9.59 Å². The van der Waals surface area contributed by atoms with Gasteiger partial charge in [0, 0.05) is 12.1 Å². The zero-order valence-electron chi connectivity index (χ0n) is 23.0. The van der Waals surface area contributed by atoms with Crippen molar-refractivity contribution < 1.29 is 19.1 Å². The lowest BCUT2D eigenvalue weighted by atomic mass is 9.95. The maximum atomic E-state index is 14.2. The van der Waals surface area contributed by atoms with Crippen molar-refractivity contribution in [1.82, 2.24) is 15.5 Å². The number of nitrogens with one attached hydrogen (secondary N) is 2. The van der Waals surface area contributed by atoms with Crippen LogP contribution in [0, 0.1) is 11.8 Å². The summed E-state index contributed by atoms with van der Waals surface area (Å²) in [5.74, 6) is -0.315. The molecule has 5 unspecified atom stereocenters. The highest BCUT2D eigenvalue weighted by Crippen LogP contribution is 2.41. The van der Waals surface area contributed by atoms with Crippen LogP contribution in [-0.4, -0.2) is 46.5 Å². The van der Waals surface area contributed by atoms with E-state index in [0.29, 0.717) is 6.42 Å². The highest BCUT2D eigenvalue weighted by Gasteiger charge is 2.48. The molecule has 1 aliphatic rings. The molecule has 0 aliphatic heterocycles. The van der Waals surface area contributed by atoms with Gasteiger partial charge >= 0.3 is 6.09 Å². The zero-order chi connectivity index (χ0) is 26.5. The van der Waals surface area contributed by atoms with Crippen LogP contribution in [0.3, 0.4) is 0 Å². The summed E-state index contributed by atoms with van der Waals surface area (Å²) in [5, 5.41) is 5.83. The molecule has 0 saturated heterocycles. The Morgan fingerprint density at radius 2 is 1.63 bits per heavy atom. The topological polar surface area (TPSA) is 87.7 Å². The van der Waals surface area contributed by atoms with Crippen LogP contribution in [0.4, 0.5) is 4.79 Å². The van der Waals surface area contributed by atoms with E-state index in [9.17, 15) is 14.4 Å². The van der Waals surface area contributed by atoms with Crippen molar-refractivity contribution in [3.8, 4) is 0 Å². The molecule has 196 valence electrons. The predicted molar refractivity (Wildman–Crippen MR) is 139 cm³/mol. The zero-order valence-corrected chi connectivity index (χ0v) is 23.0. The third-order valence-electron chi connectivity index (χ3n) is 6.49. The SMILES string of the molecule is CCc1ccc(C(C(=O)NC(C)C)N(C(=O)C(NC(=O)OC(C)(C)C)C(C)CC)C2CC2C)cc1. The fourth-order valence-corrected chi connectivity index (χ4v) is 4.19. The summed E-state index contributed by atoms with van der Waals surface area (Å²) in [6, 6.07) is 6.18. The van der Waals surface area contributed by atoms with E-state index >= 15 is 0 Å². The molecule has 1 aromatic rings. The van der Waals surface area contributed by atoms with Crippen LogP contribution >= 0.6 is 0 Å². The lowest BCUT2D eigenvalue weighted by Crippen LogP contribution is -2.56. The molecule has 0 spiro atoms. The first kappa shape index (κ1) is 28.7. The molecule has 1 saturated carbocycles. The molecule has 0 heterocycles. The molecule has 7 nitrogen and oxygen atoms in total. The number of rotatable bonds is 10. The van der Waals surface area contributed by atoms with Gasteiger partial charge in [-0.05, 0) is 70.4 Å². The maximum Gasteiger partial charge on any atom is 0.408 e. The van der Waals surface area contributed by atoms with Crippen LogP contribution in [-0.2, 0) is 20.7 Å². The Labute approximate surface area is 211 Å². The minimum Gasteiger partial charge on any atom is -0.444 e. The standard InChI is InChI=1S/C28H45N3O4/c1-10-18(5)23(30-27(34)35-28(7,8)9)26(33)31(22-16-19(22)6)24(25(32)29-17(3)4)21-14-12-20(11-2)13-15-21/h12-15,17-19,22-24H,10-11,16H2,1-9H3,(H,29,32)(H,30,34). The van der Waals surface area contributed by atoms with Crippen LogP contribution in [0.15, 0.2) is 24.3 Å². The molecule has 0 radical (unpaired) electrons. The first-order chi connectivity index (χ1) is 16.3. The predicted octanol–water partition coefficient (Wildman–Crippen LogP) is 4.99. The molecular formula is C28H45N3O4. The van der Waals surface area contributed by atoms with E-state index < -0.39 is 23.8 Å². The summed E-state index contributed by atoms with van der Waals surface area (Å²) >= 11 is 0. The average Bonchev–Trinajstić information content (AvgIpc) is 3.48. The quantitative estimate of drug-likeness (QED) is 0.487. The van der Waals surface area contributed by atoms with Crippen LogP contribution in [0.1, 0.15) is 92.3 Å². The van der Waals surface area contributed by atoms with Crippen LogP contribution < -0.4 is 10.6 Å².